The highest BCUT2D eigenvalue weighted by molar-refractivity contribution is 5.89. The Morgan fingerprint density at radius 3 is 2.72 bits per heavy atom. The summed E-state index contributed by atoms with van der Waals surface area (Å²) in [6.07, 6.45) is 11.6. The SMILES string of the molecule is CCC(=O)CCCCC[C@H](NC(=O)[C@H]1CC12CCN(C(C)C)CC2)c1ncc(-c2ccc(N)c(C=NC)c2)[nH]1. The minimum absolute atomic E-state index is 0.0962. The average molecular weight is 535 g/mol. The molecule has 4 N–H and O–H groups in total. The molecule has 0 unspecified atom stereocenters. The number of carbonyl (C=O) groups excluding carboxylic acids is 2. The van der Waals surface area contributed by atoms with Gasteiger partial charge in [0.2, 0.25) is 5.91 Å². The van der Waals surface area contributed by atoms with Gasteiger partial charge in [0.1, 0.15) is 11.6 Å². The summed E-state index contributed by atoms with van der Waals surface area (Å²) in [6, 6.07) is 6.21. The van der Waals surface area contributed by atoms with Crippen LogP contribution in [-0.2, 0) is 9.59 Å². The standard InChI is InChI=1S/C31H46N6O2/c1-5-24(38)9-7-6-8-10-27(36-30(39)25-18-31(25)13-15-37(16-14-31)21(2)3)29-34-20-28(35-29)22-11-12-26(32)23(17-22)19-33-4/h11-12,17,19-21,25,27H,5-10,13-16,18,32H2,1-4H3,(H,34,35)(H,36,39)/t25-,27+/m1/s1. The minimum atomic E-state index is -0.188. The van der Waals surface area contributed by atoms with Gasteiger partial charge in [-0.15, -0.1) is 0 Å². The maximum atomic E-state index is 13.5. The molecule has 0 radical (unpaired) electrons. The van der Waals surface area contributed by atoms with E-state index in [1.165, 1.54) is 0 Å². The van der Waals surface area contributed by atoms with Crippen LogP contribution in [0.25, 0.3) is 11.3 Å². The lowest BCUT2D eigenvalue weighted by Gasteiger charge is -2.35. The first kappa shape index (κ1) is 29.0. The Kier molecular flexibility index (Phi) is 9.59. The van der Waals surface area contributed by atoms with Crippen molar-refractivity contribution >= 4 is 23.6 Å². The van der Waals surface area contributed by atoms with Crippen LogP contribution < -0.4 is 11.1 Å². The molecule has 1 saturated carbocycles. The van der Waals surface area contributed by atoms with Crippen LogP contribution in [0.5, 0.6) is 0 Å². The molecule has 1 spiro atoms. The molecule has 1 aliphatic heterocycles. The number of piperidine rings is 1. The summed E-state index contributed by atoms with van der Waals surface area (Å²) >= 11 is 0. The van der Waals surface area contributed by atoms with Crippen molar-refractivity contribution in [3.63, 3.8) is 0 Å². The number of nitrogens with zero attached hydrogens (tertiary/aromatic N) is 3. The van der Waals surface area contributed by atoms with Crippen molar-refractivity contribution < 1.29 is 9.59 Å². The van der Waals surface area contributed by atoms with E-state index in [4.69, 9.17) is 10.7 Å². The second-order valence-corrected chi connectivity index (χ2v) is 11.7. The third-order valence-corrected chi connectivity index (χ3v) is 8.78. The van der Waals surface area contributed by atoms with E-state index in [1.807, 2.05) is 31.3 Å². The molecule has 8 nitrogen and oxygen atoms in total. The summed E-state index contributed by atoms with van der Waals surface area (Å²) < 4.78 is 0. The van der Waals surface area contributed by atoms with Gasteiger partial charge in [0.05, 0.1) is 17.9 Å². The number of unbranched alkanes of at least 4 members (excludes halogenated alkanes) is 2. The largest absolute Gasteiger partial charge is 0.398 e. The van der Waals surface area contributed by atoms with Crippen LogP contribution in [0.3, 0.4) is 0 Å². The third-order valence-electron chi connectivity index (χ3n) is 8.78. The van der Waals surface area contributed by atoms with Gasteiger partial charge >= 0.3 is 0 Å². The molecule has 1 aromatic carbocycles. The van der Waals surface area contributed by atoms with Crippen molar-refractivity contribution in [2.75, 3.05) is 25.9 Å². The number of carbonyl (C=O) groups is 2. The predicted molar refractivity (Wildman–Crippen MR) is 158 cm³/mol. The Bertz CT molecular complexity index is 1160. The van der Waals surface area contributed by atoms with Crippen molar-refractivity contribution in [3.05, 3.63) is 35.8 Å². The summed E-state index contributed by atoms with van der Waals surface area (Å²) in [5, 5.41) is 3.36. The van der Waals surface area contributed by atoms with Crippen LogP contribution in [-0.4, -0.2) is 59.0 Å². The van der Waals surface area contributed by atoms with E-state index in [2.05, 4.69) is 34.0 Å². The van der Waals surface area contributed by atoms with Crippen LogP contribution in [0.1, 0.15) is 96.0 Å². The van der Waals surface area contributed by atoms with E-state index < -0.39 is 0 Å². The molecule has 8 heteroatoms. The van der Waals surface area contributed by atoms with Crippen LogP contribution in [0, 0.1) is 11.3 Å². The number of rotatable bonds is 13. The molecular weight excluding hydrogens is 488 g/mol. The van der Waals surface area contributed by atoms with Crippen LogP contribution in [0.4, 0.5) is 5.69 Å². The van der Waals surface area contributed by atoms with Crippen LogP contribution in [0.2, 0.25) is 0 Å². The number of anilines is 1. The molecule has 4 rings (SSSR count). The third kappa shape index (κ3) is 7.15. The second-order valence-electron chi connectivity index (χ2n) is 11.7. The number of nitrogens with two attached hydrogens (primary N) is 1. The maximum absolute atomic E-state index is 13.5. The Hall–Kier alpha value is -3.00. The first-order valence-electron chi connectivity index (χ1n) is 14.7. The van der Waals surface area contributed by atoms with Gasteiger partial charge in [-0.05, 0) is 76.6 Å². The molecule has 39 heavy (non-hydrogen) atoms. The highest BCUT2D eigenvalue weighted by atomic mass is 16.2. The lowest BCUT2D eigenvalue weighted by molar-refractivity contribution is -0.124. The Morgan fingerprint density at radius 1 is 1.26 bits per heavy atom. The number of amides is 1. The number of hydrogen-bond donors (Lipinski definition) is 3. The number of Topliss-reactive ketones (excluding diaryl/α,β-unsaturated/α-hetero) is 1. The quantitative estimate of drug-likeness (QED) is 0.183. The van der Waals surface area contributed by atoms with Gasteiger partial charge in [-0.1, -0.05) is 25.8 Å². The fourth-order valence-electron chi connectivity index (χ4n) is 5.98. The van der Waals surface area contributed by atoms with Crippen LogP contribution >= 0.6 is 0 Å². The van der Waals surface area contributed by atoms with E-state index >= 15 is 0 Å². The van der Waals surface area contributed by atoms with Gasteiger partial charge in [-0.3, -0.25) is 14.6 Å². The number of H-pyrrole nitrogens is 1. The van der Waals surface area contributed by atoms with Crippen molar-refractivity contribution in [3.8, 4) is 11.3 Å². The number of ketones is 1. The molecule has 1 amide bonds. The lowest BCUT2D eigenvalue weighted by atomic mass is 9.90. The average Bonchev–Trinajstić information content (AvgIpc) is 3.39. The zero-order chi connectivity index (χ0) is 28.0. The summed E-state index contributed by atoms with van der Waals surface area (Å²) in [7, 11) is 1.73. The van der Waals surface area contributed by atoms with Gasteiger partial charge in [0, 0.05) is 54.9 Å². The summed E-state index contributed by atoms with van der Waals surface area (Å²) in [5.41, 5.74) is 9.66. The molecule has 1 saturated heterocycles. The summed E-state index contributed by atoms with van der Waals surface area (Å²) in [5.74, 6) is 1.34. The first-order valence-corrected chi connectivity index (χ1v) is 14.7. The minimum Gasteiger partial charge on any atom is -0.398 e. The van der Waals surface area contributed by atoms with E-state index in [0.29, 0.717) is 30.4 Å². The number of aromatic nitrogens is 2. The normalized spacial score (nSPS) is 19.6. The molecule has 2 aliphatic rings. The fourth-order valence-corrected chi connectivity index (χ4v) is 5.98. The van der Waals surface area contributed by atoms with E-state index in [0.717, 1.165) is 80.7 Å². The Morgan fingerprint density at radius 2 is 2.03 bits per heavy atom. The highest BCUT2D eigenvalue weighted by Gasteiger charge is 2.58. The number of nitrogen functional groups attached to an aromatic ring is 1. The first-order chi connectivity index (χ1) is 18.8. The molecule has 2 fully saturated rings. The van der Waals surface area contributed by atoms with Crippen molar-refractivity contribution in [1.29, 1.82) is 0 Å². The van der Waals surface area contributed by atoms with Gasteiger partial charge in [-0.2, -0.15) is 0 Å². The van der Waals surface area contributed by atoms with E-state index in [-0.39, 0.29) is 23.3 Å². The van der Waals surface area contributed by atoms with Gasteiger partial charge in [0.25, 0.3) is 0 Å². The summed E-state index contributed by atoms with van der Waals surface area (Å²) in [6.45, 7) is 8.57. The summed E-state index contributed by atoms with van der Waals surface area (Å²) in [4.78, 5) is 40.0. The van der Waals surface area contributed by atoms with Crippen molar-refractivity contribution in [2.45, 2.75) is 90.6 Å². The number of hydrogen-bond acceptors (Lipinski definition) is 6. The predicted octanol–water partition coefficient (Wildman–Crippen LogP) is 5.31. The highest BCUT2D eigenvalue weighted by Crippen LogP contribution is 2.59. The molecule has 1 aromatic heterocycles. The monoisotopic (exact) mass is 534 g/mol. The number of benzene rings is 1. The zero-order valence-corrected chi connectivity index (χ0v) is 24.1. The van der Waals surface area contributed by atoms with Gasteiger partial charge in [-0.25, -0.2) is 4.98 Å². The van der Waals surface area contributed by atoms with Crippen molar-refractivity contribution in [2.24, 2.45) is 16.3 Å². The topological polar surface area (TPSA) is 116 Å². The molecular formula is C31H46N6O2. The molecule has 2 heterocycles. The van der Waals surface area contributed by atoms with E-state index in [9.17, 15) is 9.59 Å². The number of nitrogens with one attached hydrogen (secondary N) is 2. The number of aliphatic imine (C=N–C) groups is 1. The van der Waals surface area contributed by atoms with Crippen molar-refractivity contribution in [1.82, 2.24) is 20.2 Å². The molecule has 2 aromatic rings. The number of likely N-dealkylation sites (tertiary alicyclic amines) is 1. The lowest BCUT2D eigenvalue weighted by Crippen LogP contribution is -2.41. The smallest absolute Gasteiger partial charge is 0.224 e. The molecule has 1 aliphatic carbocycles. The zero-order valence-electron chi connectivity index (χ0n) is 24.1. The molecule has 212 valence electrons. The molecule has 0 bridgehead atoms. The Labute approximate surface area is 233 Å². The molecule has 2 atom stereocenters. The number of imidazole rings is 1. The Balaban J connectivity index is 1.44. The van der Waals surface area contributed by atoms with Gasteiger partial charge < -0.3 is 20.9 Å². The second kappa shape index (κ2) is 12.9. The fraction of sp³-hybridized carbons (Fsp3) is 0.613. The number of aromatic amines is 1. The van der Waals surface area contributed by atoms with E-state index in [1.54, 1.807) is 13.3 Å². The van der Waals surface area contributed by atoms with Crippen LogP contribution in [0.15, 0.2) is 29.4 Å². The maximum Gasteiger partial charge on any atom is 0.224 e. The van der Waals surface area contributed by atoms with Gasteiger partial charge in [0.15, 0.2) is 0 Å².